The van der Waals surface area contributed by atoms with Gasteiger partial charge in [-0.15, -0.1) is 0 Å². The zero-order chi connectivity index (χ0) is 36.9. The third-order valence-electron chi connectivity index (χ3n) is 8.26. The van der Waals surface area contributed by atoms with Crippen LogP contribution in [0.15, 0.2) is 48.8 Å². The molecule has 10 nitrogen and oxygen atoms in total. The first-order valence-corrected chi connectivity index (χ1v) is 18.4. The molecular formula is C33H34Cl2F5N3O7S. The summed E-state index contributed by atoms with van der Waals surface area (Å²) in [4.78, 5) is 19.7. The zero-order valence-electron chi connectivity index (χ0n) is 27.2. The molecular weight excluding hydrogens is 748 g/mol. The van der Waals surface area contributed by atoms with Crippen molar-refractivity contribution in [1.29, 1.82) is 0 Å². The summed E-state index contributed by atoms with van der Waals surface area (Å²) in [7, 11) is -4.02. The molecule has 0 N–H and O–H groups in total. The number of nitrogens with zero attached hydrogens (tertiary/aromatic N) is 3. The van der Waals surface area contributed by atoms with Crippen LogP contribution in [0.4, 0.5) is 27.6 Å². The summed E-state index contributed by atoms with van der Waals surface area (Å²) in [6, 6.07) is 6.16. The van der Waals surface area contributed by atoms with Crippen molar-refractivity contribution in [2.45, 2.75) is 38.2 Å². The Morgan fingerprint density at radius 2 is 1.75 bits per heavy atom. The SMILES string of the molecule is CS(=O)(=O)N(CCN1CCOCC1)c1ccc(C(F)(F)F)c(C(=O)OC(Cc2c(Cl)cncc2Cl)c2ccc(OC(F)F)c(OCC3CC3)c2)c1. The number of hydrogen-bond acceptors (Lipinski definition) is 9. The normalized spacial score (nSPS) is 16.2. The molecule has 1 aliphatic heterocycles. The van der Waals surface area contributed by atoms with Crippen LogP contribution in [-0.2, 0) is 32.1 Å². The Bertz CT molecular complexity index is 1790. The smallest absolute Gasteiger partial charge is 0.417 e. The van der Waals surface area contributed by atoms with Crippen molar-refractivity contribution in [3.63, 3.8) is 0 Å². The van der Waals surface area contributed by atoms with E-state index < -0.39 is 46.0 Å². The fourth-order valence-corrected chi connectivity index (χ4v) is 6.84. The predicted octanol–water partition coefficient (Wildman–Crippen LogP) is 7.04. The molecule has 18 heteroatoms. The van der Waals surface area contributed by atoms with E-state index >= 15 is 0 Å². The van der Waals surface area contributed by atoms with Crippen LogP contribution in [0.3, 0.4) is 0 Å². The fourth-order valence-electron chi connectivity index (χ4n) is 5.41. The van der Waals surface area contributed by atoms with E-state index in [0.717, 1.165) is 35.5 Å². The number of carbonyl (C=O) groups excluding carboxylic acids is 1. The van der Waals surface area contributed by atoms with Crippen molar-refractivity contribution in [2.24, 2.45) is 5.92 Å². The molecule has 2 heterocycles. The molecule has 2 aromatic carbocycles. The third-order valence-corrected chi connectivity index (χ3v) is 10.1. The minimum Gasteiger partial charge on any atom is -0.489 e. The number of aromatic nitrogens is 1. The van der Waals surface area contributed by atoms with Crippen molar-refractivity contribution in [2.75, 3.05) is 56.6 Å². The van der Waals surface area contributed by atoms with Crippen LogP contribution >= 0.6 is 23.2 Å². The quantitative estimate of drug-likeness (QED) is 0.119. The van der Waals surface area contributed by atoms with E-state index in [1.54, 1.807) is 0 Å². The summed E-state index contributed by atoms with van der Waals surface area (Å²) >= 11 is 12.7. The van der Waals surface area contributed by atoms with Gasteiger partial charge in [-0.1, -0.05) is 29.3 Å². The summed E-state index contributed by atoms with van der Waals surface area (Å²) < 4.78 is 118. The van der Waals surface area contributed by atoms with E-state index in [9.17, 15) is 35.2 Å². The summed E-state index contributed by atoms with van der Waals surface area (Å²) in [6.07, 6.45) is -1.51. The Kier molecular flexibility index (Phi) is 12.5. The minimum absolute atomic E-state index is 0.0634. The third kappa shape index (κ3) is 10.6. The molecule has 1 aromatic heterocycles. The molecule has 0 radical (unpaired) electrons. The second kappa shape index (κ2) is 16.5. The number of pyridine rings is 1. The number of halogens is 7. The Labute approximate surface area is 301 Å². The maximum absolute atomic E-state index is 14.3. The monoisotopic (exact) mass is 781 g/mol. The molecule has 0 spiro atoms. The van der Waals surface area contributed by atoms with Crippen molar-refractivity contribution in [3.05, 3.63) is 81.1 Å². The number of sulfonamides is 1. The van der Waals surface area contributed by atoms with Gasteiger partial charge in [-0.3, -0.25) is 14.2 Å². The van der Waals surface area contributed by atoms with E-state index in [-0.39, 0.29) is 70.4 Å². The number of hydrogen-bond donors (Lipinski definition) is 0. The second-order valence-electron chi connectivity index (χ2n) is 12.0. The topological polar surface area (TPSA) is 108 Å². The molecule has 278 valence electrons. The number of morpholine rings is 1. The fraction of sp³-hybridized carbons (Fsp3) is 0.455. The van der Waals surface area contributed by atoms with Gasteiger partial charge in [-0.2, -0.15) is 22.0 Å². The Morgan fingerprint density at radius 3 is 2.35 bits per heavy atom. The van der Waals surface area contributed by atoms with E-state index in [1.807, 2.05) is 4.90 Å². The molecule has 2 fully saturated rings. The molecule has 0 bridgehead atoms. The standard InChI is InChI=1S/C33H34Cl2F5N3O7S/c1-51(45,46)43(9-8-42-10-12-47-13-11-42)22-5-6-25(33(38,39)40)23(15-22)31(44)49-29(16-24-26(34)17-41-18-27(24)35)21-4-7-28(50-32(36)37)30(14-21)48-19-20-2-3-20/h4-7,14-15,17-18,20,29,32H,2-3,8-13,16,19H2,1H3. The van der Waals surface area contributed by atoms with Gasteiger partial charge in [0.1, 0.15) is 6.10 Å². The van der Waals surface area contributed by atoms with E-state index in [0.29, 0.717) is 32.4 Å². The van der Waals surface area contributed by atoms with Gasteiger partial charge in [0.25, 0.3) is 0 Å². The summed E-state index contributed by atoms with van der Waals surface area (Å²) in [6.45, 7) is -0.879. The molecule has 5 rings (SSSR count). The molecule has 1 saturated heterocycles. The Morgan fingerprint density at radius 1 is 1.06 bits per heavy atom. The van der Waals surface area contributed by atoms with Gasteiger partial charge in [0.05, 0.1) is 52.9 Å². The second-order valence-corrected chi connectivity index (χ2v) is 14.8. The van der Waals surface area contributed by atoms with E-state index in [4.69, 9.17) is 37.4 Å². The van der Waals surface area contributed by atoms with Crippen LogP contribution in [0.2, 0.25) is 10.0 Å². The lowest BCUT2D eigenvalue weighted by atomic mass is 10.0. The molecule has 51 heavy (non-hydrogen) atoms. The molecule has 2 aliphatic rings. The lowest BCUT2D eigenvalue weighted by Gasteiger charge is -2.30. The van der Waals surface area contributed by atoms with Crippen LogP contribution in [0.5, 0.6) is 11.5 Å². The van der Waals surface area contributed by atoms with E-state index in [2.05, 4.69) is 9.72 Å². The van der Waals surface area contributed by atoms with Gasteiger partial charge in [-0.05, 0) is 60.2 Å². The maximum atomic E-state index is 14.3. The first kappa shape index (κ1) is 38.8. The number of esters is 1. The van der Waals surface area contributed by atoms with Crippen molar-refractivity contribution < 1.29 is 54.1 Å². The van der Waals surface area contributed by atoms with Crippen LogP contribution in [0, 0.1) is 5.92 Å². The lowest BCUT2D eigenvalue weighted by Crippen LogP contribution is -2.43. The molecule has 3 aromatic rings. The molecule has 0 amide bonds. The highest BCUT2D eigenvalue weighted by Gasteiger charge is 2.38. The van der Waals surface area contributed by atoms with E-state index in [1.165, 1.54) is 30.6 Å². The average Bonchev–Trinajstić information content (AvgIpc) is 3.89. The van der Waals surface area contributed by atoms with Crippen LogP contribution in [-0.4, -0.2) is 83.1 Å². The molecule has 1 aliphatic carbocycles. The molecule has 1 atom stereocenters. The van der Waals surface area contributed by atoms with Crippen LogP contribution in [0.1, 0.15) is 46.0 Å². The molecule has 1 unspecified atom stereocenters. The predicted molar refractivity (Wildman–Crippen MR) is 178 cm³/mol. The summed E-state index contributed by atoms with van der Waals surface area (Å²) in [5.41, 5.74) is -2.15. The van der Waals surface area contributed by atoms with Gasteiger partial charge in [0, 0.05) is 45.0 Å². The van der Waals surface area contributed by atoms with Gasteiger partial charge in [0.15, 0.2) is 11.5 Å². The van der Waals surface area contributed by atoms with Crippen molar-refractivity contribution in [3.8, 4) is 11.5 Å². The zero-order valence-corrected chi connectivity index (χ0v) is 29.5. The summed E-state index contributed by atoms with van der Waals surface area (Å²) in [5.74, 6) is -1.64. The number of alkyl halides is 5. The van der Waals surface area contributed by atoms with Gasteiger partial charge in [-0.25, -0.2) is 13.2 Å². The average molecular weight is 783 g/mol. The van der Waals surface area contributed by atoms with Gasteiger partial charge in [0.2, 0.25) is 10.0 Å². The number of benzene rings is 2. The molecule has 1 saturated carbocycles. The largest absolute Gasteiger partial charge is 0.489 e. The first-order valence-electron chi connectivity index (χ1n) is 15.8. The van der Waals surface area contributed by atoms with Gasteiger partial charge < -0.3 is 18.9 Å². The van der Waals surface area contributed by atoms with Crippen molar-refractivity contribution >= 4 is 44.9 Å². The number of rotatable bonds is 15. The lowest BCUT2D eigenvalue weighted by molar-refractivity contribution is -0.138. The Balaban J connectivity index is 1.53. The number of carbonyl (C=O) groups is 1. The number of ether oxygens (including phenoxy) is 4. The number of anilines is 1. The van der Waals surface area contributed by atoms with Gasteiger partial charge >= 0.3 is 18.8 Å². The highest BCUT2D eigenvalue weighted by atomic mass is 35.5. The minimum atomic E-state index is -5.04. The van der Waals surface area contributed by atoms with Crippen LogP contribution in [0.25, 0.3) is 0 Å². The first-order chi connectivity index (χ1) is 24.1. The van der Waals surface area contributed by atoms with Crippen molar-refractivity contribution in [1.82, 2.24) is 9.88 Å². The highest BCUT2D eigenvalue weighted by molar-refractivity contribution is 7.92. The maximum Gasteiger partial charge on any atom is 0.417 e. The highest BCUT2D eigenvalue weighted by Crippen LogP contribution is 2.40. The Hall–Kier alpha value is -3.44. The summed E-state index contributed by atoms with van der Waals surface area (Å²) in [5, 5.41) is 0.127. The van der Waals surface area contributed by atoms with Crippen LogP contribution < -0.4 is 13.8 Å².